The molecule has 4 heteroatoms. The van der Waals surface area contributed by atoms with Gasteiger partial charge in [0.15, 0.2) is 0 Å². The van der Waals surface area contributed by atoms with Gasteiger partial charge in [0.25, 0.3) is 10.1 Å². The van der Waals surface area contributed by atoms with Crippen LogP contribution in [0.3, 0.4) is 0 Å². The first-order valence-electron chi connectivity index (χ1n) is 7.09. The van der Waals surface area contributed by atoms with E-state index in [9.17, 15) is 8.42 Å². The molecule has 0 aliphatic carbocycles. The summed E-state index contributed by atoms with van der Waals surface area (Å²) in [6, 6.07) is 0. The summed E-state index contributed by atoms with van der Waals surface area (Å²) < 4.78 is 31.4. The van der Waals surface area contributed by atoms with Crippen LogP contribution in [0, 0.1) is 0 Å². The highest BCUT2D eigenvalue weighted by molar-refractivity contribution is 7.86. The van der Waals surface area contributed by atoms with Crippen molar-refractivity contribution in [2.45, 2.75) is 76.4 Å². The van der Waals surface area contributed by atoms with Crippen molar-refractivity contribution in [3.63, 3.8) is 0 Å². The molecule has 0 aromatic heterocycles. The Bertz CT molecular complexity index is 296. The van der Waals surface area contributed by atoms with Gasteiger partial charge in [-0.2, -0.15) is 8.42 Å². The van der Waals surface area contributed by atoms with Gasteiger partial charge >= 0.3 is 0 Å². The fourth-order valence-corrected chi connectivity index (χ4v) is 2.97. The molecule has 0 aliphatic heterocycles. The van der Waals surface area contributed by atoms with Gasteiger partial charge in [0.2, 0.25) is 0 Å². The molecule has 0 spiro atoms. The zero-order valence-corrected chi connectivity index (χ0v) is 12.4. The Morgan fingerprint density at radius 2 is 1.61 bits per heavy atom. The summed E-state index contributed by atoms with van der Waals surface area (Å²) in [6.45, 7) is 5.77. The molecule has 0 aliphatic rings. The first kappa shape index (κ1) is 17.6. The van der Waals surface area contributed by atoms with E-state index in [2.05, 4.69) is 13.5 Å². The summed E-state index contributed by atoms with van der Waals surface area (Å²) in [5.41, 5.74) is 0. The molecule has 0 aromatic rings. The molecule has 0 bridgehead atoms. The van der Waals surface area contributed by atoms with E-state index in [-0.39, 0.29) is 0 Å². The highest BCUT2D eigenvalue weighted by atomic mass is 32.2. The standard InChI is InChI=1S/C14H28O3S/c1-3-5-7-8-9-10-11-13-14(12-6-4-2)18(15,16)17/h4,14H,2-3,5-13H2,1H3,(H,15,16,17). The number of hydrogen-bond acceptors (Lipinski definition) is 2. The van der Waals surface area contributed by atoms with Crippen molar-refractivity contribution in [1.29, 1.82) is 0 Å². The molecular formula is C14H28O3S. The smallest absolute Gasteiger partial charge is 0.267 e. The van der Waals surface area contributed by atoms with Gasteiger partial charge in [-0.25, -0.2) is 0 Å². The molecule has 0 rings (SSSR count). The number of hydrogen-bond donors (Lipinski definition) is 1. The Morgan fingerprint density at radius 3 is 2.11 bits per heavy atom. The monoisotopic (exact) mass is 276 g/mol. The lowest BCUT2D eigenvalue weighted by Crippen LogP contribution is -2.20. The summed E-state index contributed by atoms with van der Waals surface area (Å²) in [5.74, 6) is 0. The third-order valence-electron chi connectivity index (χ3n) is 3.24. The van der Waals surface area contributed by atoms with Crippen LogP contribution in [0.5, 0.6) is 0 Å². The number of allylic oxidation sites excluding steroid dienone is 1. The molecular weight excluding hydrogens is 248 g/mol. The second-order valence-corrected chi connectivity index (χ2v) is 6.61. The molecule has 0 amide bonds. The second-order valence-electron chi connectivity index (χ2n) is 4.91. The van der Waals surface area contributed by atoms with Crippen molar-refractivity contribution >= 4 is 10.1 Å². The molecule has 0 heterocycles. The Balaban J connectivity index is 3.73. The fourth-order valence-electron chi connectivity index (χ4n) is 2.08. The zero-order chi connectivity index (χ0) is 13.9. The van der Waals surface area contributed by atoms with Crippen molar-refractivity contribution in [1.82, 2.24) is 0 Å². The zero-order valence-electron chi connectivity index (χ0n) is 11.6. The summed E-state index contributed by atoms with van der Waals surface area (Å²) in [5, 5.41) is -0.605. The van der Waals surface area contributed by atoms with Crippen LogP contribution in [-0.2, 0) is 10.1 Å². The van der Waals surface area contributed by atoms with Gasteiger partial charge in [0, 0.05) is 0 Å². The second kappa shape index (κ2) is 10.6. The van der Waals surface area contributed by atoms with Crippen LogP contribution in [-0.4, -0.2) is 18.2 Å². The van der Waals surface area contributed by atoms with Crippen LogP contribution in [0.2, 0.25) is 0 Å². The van der Waals surface area contributed by atoms with Gasteiger partial charge in [0.1, 0.15) is 0 Å². The van der Waals surface area contributed by atoms with E-state index < -0.39 is 15.4 Å². The first-order valence-corrected chi connectivity index (χ1v) is 8.59. The van der Waals surface area contributed by atoms with Crippen molar-refractivity contribution in [3.8, 4) is 0 Å². The first-order chi connectivity index (χ1) is 8.52. The number of rotatable bonds is 12. The minimum absolute atomic E-state index is 0.484. The van der Waals surface area contributed by atoms with Gasteiger partial charge in [-0.1, -0.05) is 57.9 Å². The molecule has 0 radical (unpaired) electrons. The highest BCUT2D eigenvalue weighted by Gasteiger charge is 2.21. The van der Waals surface area contributed by atoms with E-state index in [0.717, 1.165) is 12.8 Å². The summed E-state index contributed by atoms with van der Waals surface area (Å²) in [6.07, 6.45) is 11.5. The largest absolute Gasteiger partial charge is 0.285 e. The molecule has 0 aromatic carbocycles. The molecule has 1 N–H and O–H groups in total. The maximum Gasteiger partial charge on any atom is 0.267 e. The predicted molar refractivity (Wildman–Crippen MR) is 77.4 cm³/mol. The van der Waals surface area contributed by atoms with E-state index in [1.807, 2.05) is 0 Å². The van der Waals surface area contributed by atoms with Crippen LogP contribution < -0.4 is 0 Å². The average molecular weight is 276 g/mol. The number of unbranched alkanes of at least 4 members (excludes halogenated alkanes) is 6. The van der Waals surface area contributed by atoms with Crippen LogP contribution in [0.15, 0.2) is 12.7 Å². The van der Waals surface area contributed by atoms with Crippen LogP contribution in [0.1, 0.15) is 71.1 Å². The van der Waals surface area contributed by atoms with E-state index >= 15 is 0 Å². The SMILES string of the molecule is C=CCCC(CCCCCCCCC)S(=O)(=O)O. The molecule has 108 valence electrons. The van der Waals surface area contributed by atoms with Crippen LogP contribution in [0.25, 0.3) is 0 Å². The predicted octanol–water partition coefficient (Wildman–Crippen LogP) is 4.35. The van der Waals surface area contributed by atoms with E-state index in [0.29, 0.717) is 19.3 Å². The molecule has 3 nitrogen and oxygen atoms in total. The lowest BCUT2D eigenvalue weighted by Gasteiger charge is -2.12. The van der Waals surface area contributed by atoms with Gasteiger partial charge in [-0.15, -0.1) is 6.58 Å². The van der Waals surface area contributed by atoms with Crippen molar-refractivity contribution in [2.24, 2.45) is 0 Å². The molecule has 1 atom stereocenters. The van der Waals surface area contributed by atoms with Gasteiger partial charge in [-0.3, -0.25) is 4.55 Å². The maximum absolute atomic E-state index is 11.2. The normalized spacial score (nSPS) is 13.4. The topological polar surface area (TPSA) is 54.4 Å². The highest BCUT2D eigenvalue weighted by Crippen LogP contribution is 2.17. The summed E-state index contributed by atoms with van der Waals surface area (Å²) in [4.78, 5) is 0. The van der Waals surface area contributed by atoms with Crippen molar-refractivity contribution < 1.29 is 13.0 Å². The molecule has 18 heavy (non-hydrogen) atoms. The fraction of sp³-hybridized carbons (Fsp3) is 0.857. The average Bonchev–Trinajstić information content (AvgIpc) is 2.30. The van der Waals surface area contributed by atoms with Crippen LogP contribution in [0.4, 0.5) is 0 Å². The molecule has 1 unspecified atom stereocenters. The molecule has 0 saturated heterocycles. The Labute approximate surface area is 112 Å². The van der Waals surface area contributed by atoms with Crippen molar-refractivity contribution in [3.05, 3.63) is 12.7 Å². The van der Waals surface area contributed by atoms with E-state index in [1.54, 1.807) is 6.08 Å². The quantitative estimate of drug-likeness (QED) is 0.327. The third kappa shape index (κ3) is 9.66. The van der Waals surface area contributed by atoms with E-state index in [1.165, 1.54) is 32.1 Å². The lowest BCUT2D eigenvalue weighted by atomic mass is 10.1. The Kier molecular flexibility index (Phi) is 10.4. The van der Waals surface area contributed by atoms with E-state index in [4.69, 9.17) is 4.55 Å². The molecule has 0 fully saturated rings. The lowest BCUT2D eigenvalue weighted by molar-refractivity contribution is 0.450. The molecule has 0 saturated carbocycles. The maximum atomic E-state index is 11.2. The van der Waals surface area contributed by atoms with Crippen LogP contribution >= 0.6 is 0 Å². The summed E-state index contributed by atoms with van der Waals surface area (Å²) >= 11 is 0. The van der Waals surface area contributed by atoms with Gasteiger partial charge < -0.3 is 0 Å². The Morgan fingerprint density at radius 1 is 1.06 bits per heavy atom. The Hall–Kier alpha value is -0.350. The summed E-state index contributed by atoms with van der Waals surface area (Å²) in [7, 11) is -3.89. The minimum Gasteiger partial charge on any atom is -0.285 e. The third-order valence-corrected chi connectivity index (χ3v) is 4.56. The van der Waals surface area contributed by atoms with Crippen molar-refractivity contribution in [2.75, 3.05) is 0 Å². The minimum atomic E-state index is -3.89. The van der Waals surface area contributed by atoms with Gasteiger partial charge in [-0.05, 0) is 19.3 Å². The van der Waals surface area contributed by atoms with Gasteiger partial charge in [0.05, 0.1) is 5.25 Å².